The third-order valence-corrected chi connectivity index (χ3v) is 4.07. The van der Waals surface area contributed by atoms with Crippen LogP contribution >= 0.6 is 0 Å². The molecule has 1 aliphatic carbocycles. The number of allylic oxidation sites excluding steroid dienone is 1. The Kier molecular flexibility index (Phi) is 3.66. The van der Waals surface area contributed by atoms with E-state index in [2.05, 4.69) is 59.8 Å². The van der Waals surface area contributed by atoms with Gasteiger partial charge in [0, 0.05) is 0 Å². The third-order valence-electron chi connectivity index (χ3n) is 4.07. The van der Waals surface area contributed by atoms with Crippen molar-refractivity contribution < 1.29 is 0 Å². The maximum atomic E-state index is 2.44. The molecule has 1 aromatic rings. The van der Waals surface area contributed by atoms with Crippen LogP contribution in [-0.2, 0) is 6.42 Å². The molecule has 0 saturated carbocycles. The molecule has 0 atom stereocenters. The molecule has 0 amide bonds. The largest absolute Gasteiger partial charge is 0.0626 e. The van der Waals surface area contributed by atoms with Crippen molar-refractivity contribution >= 4 is 6.08 Å². The topological polar surface area (TPSA) is 0 Å². The molecule has 2 rings (SSSR count). The Morgan fingerprint density at radius 1 is 0.833 bits per heavy atom. The lowest BCUT2D eigenvalue weighted by atomic mass is 9.89. The highest BCUT2D eigenvalue weighted by atomic mass is 14.2. The van der Waals surface area contributed by atoms with E-state index >= 15 is 0 Å². The van der Waals surface area contributed by atoms with Crippen LogP contribution in [0.3, 0.4) is 0 Å². The number of hydrogen-bond acceptors (Lipinski definition) is 0. The lowest BCUT2D eigenvalue weighted by Gasteiger charge is -2.16. The lowest BCUT2D eigenvalue weighted by Crippen LogP contribution is -1.99. The van der Waals surface area contributed by atoms with Crippen molar-refractivity contribution in [1.29, 1.82) is 0 Å². The average molecular weight is 242 g/mol. The second kappa shape index (κ2) is 4.91. The standard InChI is InChI=1S/C18H26/c1-11(2)14-7-16-8-15(12(3)4)10-18(16)17(9-14)13(5)6/h7,9-13H,8H2,1-6H3. The number of fused-ring (bicyclic) bond motifs is 1. The fourth-order valence-corrected chi connectivity index (χ4v) is 2.72. The minimum atomic E-state index is 0.611. The van der Waals surface area contributed by atoms with E-state index in [1.165, 1.54) is 16.7 Å². The predicted octanol–water partition coefficient (Wildman–Crippen LogP) is 5.53. The number of benzene rings is 1. The summed E-state index contributed by atoms with van der Waals surface area (Å²) in [6.07, 6.45) is 3.60. The van der Waals surface area contributed by atoms with Crippen molar-refractivity contribution in [2.45, 2.75) is 59.8 Å². The van der Waals surface area contributed by atoms with Crippen LogP contribution in [0.15, 0.2) is 17.7 Å². The first kappa shape index (κ1) is 13.4. The van der Waals surface area contributed by atoms with Crippen molar-refractivity contribution in [3.63, 3.8) is 0 Å². The summed E-state index contributed by atoms with van der Waals surface area (Å²) in [7, 11) is 0. The second-order valence-corrected chi connectivity index (χ2v) is 6.54. The Balaban J connectivity index is 2.52. The minimum Gasteiger partial charge on any atom is -0.0626 e. The molecule has 0 heteroatoms. The molecule has 0 saturated heterocycles. The molecule has 18 heavy (non-hydrogen) atoms. The van der Waals surface area contributed by atoms with E-state index < -0.39 is 0 Å². The van der Waals surface area contributed by atoms with Gasteiger partial charge in [-0.15, -0.1) is 0 Å². The molecule has 0 bridgehead atoms. The maximum Gasteiger partial charge on any atom is -0.00551 e. The van der Waals surface area contributed by atoms with E-state index in [0.717, 1.165) is 6.42 Å². The van der Waals surface area contributed by atoms with Crippen molar-refractivity contribution in [3.05, 3.63) is 40.0 Å². The normalized spacial score (nSPS) is 14.6. The molecule has 98 valence electrons. The van der Waals surface area contributed by atoms with Crippen LogP contribution in [0.2, 0.25) is 0 Å². The number of hydrogen-bond donors (Lipinski definition) is 0. The third kappa shape index (κ3) is 2.39. The molecule has 0 radical (unpaired) electrons. The summed E-state index contributed by atoms with van der Waals surface area (Å²) >= 11 is 0. The zero-order valence-corrected chi connectivity index (χ0v) is 12.7. The predicted molar refractivity (Wildman–Crippen MR) is 81.1 cm³/mol. The highest BCUT2D eigenvalue weighted by Gasteiger charge is 2.20. The van der Waals surface area contributed by atoms with Gasteiger partial charge in [0.2, 0.25) is 0 Å². The molecule has 0 spiro atoms. The molecule has 1 aromatic carbocycles. The Bertz CT molecular complexity index is 473. The van der Waals surface area contributed by atoms with Crippen molar-refractivity contribution in [1.82, 2.24) is 0 Å². The minimum absolute atomic E-state index is 0.611. The summed E-state index contributed by atoms with van der Waals surface area (Å²) in [5.74, 6) is 1.90. The van der Waals surface area contributed by atoms with Crippen LogP contribution in [0.4, 0.5) is 0 Å². The summed E-state index contributed by atoms with van der Waals surface area (Å²) < 4.78 is 0. The van der Waals surface area contributed by atoms with Crippen molar-refractivity contribution in [2.75, 3.05) is 0 Å². The van der Waals surface area contributed by atoms with Crippen LogP contribution in [0, 0.1) is 5.92 Å². The summed E-state index contributed by atoms with van der Waals surface area (Å²) in [5, 5.41) is 0. The fourth-order valence-electron chi connectivity index (χ4n) is 2.72. The highest BCUT2D eigenvalue weighted by molar-refractivity contribution is 5.68. The summed E-state index contributed by atoms with van der Waals surface area (Å²) in [4.78, 5) is 0. The zero-order chi connectivity index (χ0) is 13.4. The van der Waals surface area contributed by atoms with Crippen LogP contribution in [0.25, 0.3) is 6.08 Å². The molecule has 0 N–H and O–H groups in total. The number of rotatable bonds is 3. The fraction of sp³-hybridized carbons (Fsp3) is 0.556. The van der Waals surface area contributed by atoms with Crippen LogP contribution in [0.5, 0.6) is 0 Å². The summed E-state index contributed by atoms with van der Waals surface area (Å²) in [5.41, 5.74) is 7.68. The van der Waals surface area contributed by atoms with E-state index in [9.17, 15) is 0 Å². The van der Waals surface area contributed by atoms with Crippen LogP contribution in [-0.4, -0.2) is 0 Å². The molecular formula is C18H26. The SMILES string of the molecule is CC(C)C1=Cc2c(cc(C(C)C)cc2C(C)C)C1. The van der Waals surface area contributed by atoms with E-state index in [1.54, 1.807) is 11.1 Å². The second-order valence-electron chi connectivity index (χ2n) is 6.54. The van der Waals surface area contributed by atoms with Gasteiger partial charge < -0.3 is 0 Å². The van der Waals surface area contributed by atoms with Gasteiger partial charge in [-0.1, -0.05) is 65.3 Å². The highest BCUT2D eigenvalue weighted by Crippen LogP contribution is 2.36. The Morgan fingerprint density at radius 2 is 1.50 bits per heavy atom. The maximum absolute atomic E-state index is 2.44. The lowest BCUT2D eigenvalue weighted by molar-refractivity contribution is 0.753. The molecule has 0 fully saturated rings. The Morgan fingerprint density at radius 3 is 2.00 bits per heavy atom. The monoisotopic (exact) mass is 242 g/mol. The van der Waals surface area contributed by atoms with Crippen molar-refractivity contribution in [3.8, 4) is 0 Å². The average Bonchev–Trinajstić information content (AvgIpc) is 2.70. The summed E-state index contributed by atoms with van der Waals surface area (Å²) in [6.45, 7) is 13.8. The summed E-state index contributed by atoms with van der Waals surface area (Å²) in [6, 6.07) is 4.85. The van der Waals surface area contributed by atoms with E-state index in [1.807, 2.05) is 0 Å². The molecule has 0 nitrogen and oxygen atoms in total. The van der Waals surface area contributed by atoms with Gasteiger partial charge in [0.1, 0.15) is 0 Å². The van der Waals surface area contributed by atoms with Crippen LogP contribution in [0.1, 0.15) is 75.6 Å². The van der Waals surface area contributed by atoms with Gasteiger partial charge in [-0.3, -0.25) is 0 Å². The van der Waals surface area contributed by atoms with E-state index in [-0.39, 0.29) is 0 Å². The van der Waals surface area contributed by atoms with Crippen molar-refractivity contribution in [2.24, 2.45) is 5.92 Å². The first-order valence-electron chi connectivity index (χ1n) is 7.27. The zero-order valence-electron chi connectivity index (χ0n) is 12.7. The van der Waals surface area contributed by atoms with Gasteiger partial charge >= 0.3 is 0 Å². The van der Waals surface area contributed by atoms with Gasteiger partial charge in [0.05, 0.1) is 0 Å². The quantitative estimate of drug-likeness (QED) is 0.654. The molecular weight excluding hydrogens is 216 g/mol. The van der Waals surface area contributed by atoms with Crippen LogP contribution < -0.4 is 0 Å². The Labute approximate surface area is 112 Å². The van der Waals surface area contributed by atoms with E-state index in [4.69, 9.17) is 0 Å². The van der Waals surface area contributed by atoms with E-state index in [0.29, 0.717) is 17.8 Å². The van der Waals surface area contributed by atoms with Gasteiger partial charge in [0.15, 0.2) is 0 Å². The Hall–Kier alpha value is -1.04. The van der Waals surface area contributed by atoms with Gasteiger partial charge in [-0.2, -0.15) is 0 Å². The molecule has 0 aromatic heterocycles. The molecule has 1 aliphatic rings. The smallest absolute Gasteiger partial charge is 0.00551 e. The first-order valence-corrected chi connectivity index (χ1v) is 7.27. The molecule has 0 unspecified atom stereocenters. The molecule has 0 heterocycles. The van der Waals surface area contributed by atoms with Gasteiger partial charge in [0.25, 0.3) is 0 Å². The first-order chi connectivity index (χ1) is 8.40. The van der Waals surface area contributed by atoms with Gasteiger partial charge in [-0.25, -0.2) is 0 Å². The van der Waals surface area contributed by atoms with Gasteiger partial charge in [-0.05, 0) is 46.4 Å². The molecule has 0 aliphatic heterocycles.